The van der Waals surface area contributed by atoms with Crippen molar-refractivity contribution in [1.29, 1.82) is 0 Å². The van der Waals surface area contributed by atoms with Gasteiger partial charge in [0, 0.05) is 24.0 Å². The van der Waals surface area contributed by atoms with Crippen molar-refractivity contribution in [2.75, 3.05) is 11.5 Å². The Labute approximate surface area is 120 Å². The fraction of sp³-hybridized carbons (Fsp3) is 0.583. The van der Waals surface area contributed by atoms with Crippen molar-refractivity contribution in [1.82, 2.24) is 10.4 Å². The maximum absolute atomic E-state index is 13.0. The molecule has 1 saturated heterocycles. The molecule has 2 unspecified atom stereocenters. The number of hydrazine groups is 1. The quantitative estimate of drug-likeness (QED) is 0.647. The summed E-state index contributed by atoms with van der Waals surface area (Å²) >= 11 is 0. The highest BCUT2D eigenvalue weighted by Crippen LogP contribution is 2.36. The van der Waals surface area contributed by atoms with Gasteiger partial charge in [0.2, 0.25) is 0 Å². The van der Waals surface area contributed by atoms with Gasteiger partial charge in [-0.15, -0.1) is 0 Å². The predicted molar refractivity (Wildman–Crippen MR) is 70.7 cm³/mol. The topological polar surface area (TPSA) is 85.1 Å². The first-order valence-corrected chi connectivity index (χ1v) is 8.23. The van der Waals surface area contributed by atoms with Gasteiger partial charge in [0.1, 0.15) is 0 Å². The zero-order valence-electron chi connectivity index (χ0n) is 11.1. The number of alkyl halides is 3. The Morgan fingerprint density at radius 2 is 2.19 bits per heavy atom. The zero-order chi connectivity index (χ0) is 15.7. The lowest BCUT2D eigenvalue weighted by Gasteiger charge is -2.22. The van der Waals surface area contributed by atoms with Gasteiger partial charge in [0.05, 0.1) is 17.1 Å². The molecule has 1 fully saturated rings. The van der Waals surface area contributed by atoms with Gasteiger partial charge < -0.3 is 0 Å². The van der Waals surface area contributed by atoms with Crippen LogP contribution in [0.15, 0.2) is 18.5 Å². The molecule has 0 radical (unpaired) electrons. The second kappa shape index (κ2) is 5.90. The number of halogens is 3. The van der Waals surface area contributed by atoms with Gasteiger partial charge in [0.25, 0.3) is 0 Å². The third kappa shape index (κ3) is 3.92. The van der Waals surface area contributed by atoms with Crippen LogP contribution >= 0.6 is 0 Å². The highest BCUT2D eigenvalue weighted by molar-refractivity contribution is 7.91. The Balaban J connectivity index is 2.23. The Bertz CT molecular complexity index is 604. The number of nitrogens with zero attached hydrogens (tertiary/aromatic N) is 1. The summed E-state index contributed by atoms with van der Waals surface area (Å²) in [7, 11) is -3.08. The average molecular weight is 323 g/mol. The molecule has 2 atom stereocenters. The standard InChI is InChI=1S/C12H16F3N3O2S/c13-12(14,15)10-1-3-17-6-9(10)11(18-16)5-8-2-4-21(19,20)7-8/h1,3,6,8,11,18H,2,4-5,7,16H2. The molecule has 5 nitrogen and oxygen atoms in total. The molecule has 21 heavy (non-hydrogen) atoms. The van der Waals surface area contributed by atoms with Gasteiger partial charge in [-0.25, -0.2) is 8.42 Å². The number of hydrogen-bond acceptors (Lipinski definition) is 5. The number of pyridine rings is 1. The number of rotatable bonds is 4. The molecule has 0 bridgehead atoms. The monoisotopic (exact) mass is 323 g/mol. The lowest BCUT2D eigenvalue weighted by Crippen LogP contribution is -2.31. The lowest BCUT2D eigenvalue weighted by atomic mass is 9.93. The van der Waals surface area contributed by atoms with E-state index in [4.69, 9.17) is 5.84 Å². The minimum atomic E-state index is -4.50. The van der Waals surface area contributed by atoms with Crippen molar-refractivity contribution < 1.29 is 21.6 Å². The van der Waals surface area contributed by atoms with E-state index in [1.165, 1.54) is 0 Å². The second-order valence-corrected chi connectivity index (χ2v) is 7.41. The van der Waals surface area contributed by atoms with Crippen LogP contribution in [0.25, 0.3) is 0 Å². The Morgan fingerprint density at radius 3 is 2.71 bits per heavy atom. The summed E-state index contributed by atoms with van der Waals surface area (Å²) in [6, 6.07) is 0.110. The van der Waals surface area contributed by atoms with Crippen molar-refractivity contribution in [3.63, 3.8) is 0 Å². The van der Waals surface area contributed by atoms with Crippen molar-refractivity contribution in [2.24, 2.45) is 11.8 Å². The van der Waals surface area contributed by atoms with E-state index >= 15 is 0 Å². The van der Waals surface area contributed by atoms with Crippen LogP contribution in [0.3, 0.4) is 0 Å². The lowest BCUT2D eigenvalue weighted by molar-refractivity contribution is -0.138. The molecule has 1 aliphatic heterocycles. The van der Waals surface area contributed by atoms with Crippen molar-refractivity contribution >= 4 is 9.84 Å². The maximum atomic E-state index is 13.0. The Kier molecular flexibility index (Phi) is 4.54. The van der Waals surface area contributed by atoms with E-state index in [9.17, 15) is 21.6 Å². The largest absolute Gasteiger partial charge is 0.416 e. The molecule has 0 spiro atoms. The van der Waals surface area contributed by atoms with Gasteiger partial charge >= 0.3 is 6.18 Å². The van der Waals surface area contributed by atoms with Crippen LogP contribution in [0, 0.1) is 5.92 Å². The molecule has 0 aromatic carbocycles. The van der Waals surface area contributed by atoms with E-state index in [1.807, 2.05) is 0 Å². The summed E-state index contributed by atoms with van der Waals surface area (Å²) in [6.07, 6.45) is -1.64. The number of nitrogens with two attached hydrogens (primary N) is 1. The molecule has 0 aliphatic carbocycles. The number of sulfone groups is 1. The van der Waals surface area contributed by atoms with Crippen LogP contribution < -0.4 is 11.3 Å². The molecule has 1 aromatic heterocycles. The van der Waals surface area contributed by atoms with Crippen LogP contribution in [-0.4, -0.2) is 24.9 Å². The summed E-state index contributed by atoms with van der Waals surface area (Å²) in [4.78, 5) is 3.72. The Morgan fingerprint density at radius 1 is 1.48 bits per heavy atom. The summed E-state index contributed by atoms with van der Waals surface area (Å²) < 4.78 is 61.8. The number of hydrogen-bond donors (Lipinski definition) is 2. The van der Waals surface area contributed by atoms with E-state index in [2.05, 4.69) is 10.4 Å². The molecule has 2 rings (SSSR count). The third-order valence-corrected chi connectivity index (χ3v) is 5.47. The van der Waals surface area contributed by atoms with Crippen molar-refractivity contribution in [2.45, 2.75) is 25.1 Å². The molecule has 1 aliphatic rings. The van der Waals surface area contributed by atoms with Crippen molar-refractivity contribution in [3.8, 4) is 0 Å². The van der Waals surface area contributed by atoms with E-state index in [0.717, 1.165) is 18.5 Å². The number of nitrogens with one attached hydrogen (secondary N) is 1. The summed E-state index contributed by atoms with van der Waals surface area (Å²) in [5.74, 6) is 5.24. The van der Waals surface area contributed by atoms with Gasteiger partial charge in [-0.1, -0.05) is 0 Å². The van der Waals surface area contributed by atoms with E-state index in [-0.39, 0.29) is 29.4 Å². The van der Waals surface area contributed by atoms with Gasteiger partial charge in [-0.2, -0.15) is 13.2 Å². The minimum Gasteiger partial charge on any atom is -0.271 e. The van der Waals surface area contributed by atoms with Crippen LogP contribution in [0.2, 0.25) is 0 Å². The fourth-order valence-electron chi connectivity index (χ4n) is 2.62. The molecule has 1 aromatic rings. The van der Waals surface area contributed by atoms with E-state index < -0.39 is 27.6 Å². The molecular weight excluding hydrogens is 307 g/mol. The second-order valence-electron chi connectivity index (χ2n) is 5.18. The third-order valence-electron chi connectivity index (χ3n) is 3.63. The molecule has 118 valence electrons. The van der Waals surface area contributed by atoms with Crippen LogP contribution in [0.5, 0.6) is 0 Å². The first kappa shape index (κ1) is 16.2. The van der Waals surface area contributed by atoms with Crippen LogP contribution in [0.4, 0.5) is 13.2 Å². The van der Waals surface area contributed by atoms with Crippen molar-refractivity contribution in [3.05, 3.63) is 29.6 Å². The smallest absolute Gasteiger partial charge is 0.271 e. The van der Waals surface area contributed by atoms with E-state index in [0.29, 0.717) is 6.42 Å². The summed E-state index contributed by atoms with van der Waals surface area (Å²) in [5.41, 5.74) is 1.49. The van der Waals surface area contributed by atoms with Gasteiger partial charge in [-0.3, -0.25) is 16.3 Å². The molecule has 3 N–H and O–H groups in total. The molecule has 2 heterocycles. The highest BCUT2D eigenvalue weighted by Gasteiger charge is 2.37. The van der Waals surface area contributed by atoms with E-state index in [1.54, 1.807) is 0 Å². The molecule has 0 saturated carbocycles. The van der Waals surface area contributed by atoms with Gasteiger partial charge in [-0.05, 0) is 24.8 Å². The normalized spacial score (nSPS) is 23.1. The maximum Gasteiger partial charge on any atom is 0.416 e. The molecule has 9 heteroatoms. The predicted octanol–water partition coefficient (Wildman–Crippen LogP) is 1.43. The van der Waals surface area contributed by atoms with Gasteiger partial charge in [0.15, 0.2) is 9.84 Å². The first-order valence-electron chi connectivity index (χ1n) is 6.40. The summed E-state index contributed by atoms with van der Waals surface area (Å²) in [6.45, 7) is 0. The van der Waals surface area contributed by atoms with Crippen LogP contribution in [-0.2, 0) is 16.0 Å². The minimum absolute atomic E-state index is 0.00715. The van der Waals surface area contributed by atoms with Crippen LogP contribution in [0.1, 0.15) is 30.0 Å². The fourth-order valence-corrected chi connectivity index (χ4v) is 4.50. The zero-order valence-corrected chi connectivity index (χ0v) is 11.9. The summed E-state index contributed by atoms with van der Waals surface area (Å²) in [5, 5.41) is 0. The Hall–Kier alpha value is -1.19. The molecular formula is C12H16F3N3O2S. The average Bonchev–Trinajstić information content (AvgIpc) is 2.74. The number of aromatic nitrogens is 1. The first-order chi connectivity index (χ1) is 9.73. The highest BCUT2D eigenvalue weighted by atomic mass is 32.2. The SMILES string of the molecule is NNC(CC1CCS(=O)(=O)C1)c1cnccc1C(F)(F)F. The molecule has 0 amide bonds.